The van der Waals surface area contributed by atoms with Gasteiger partial charge in [-0.15, -0.1) is 0 Å². The molecule has 5 nitrogen and oxygen atoms in total. The number of amides is 1. The first-order valence-corrected chi connectivity index (χ1v) is 7.29. The molecule has 0 saturated heterocycles. The van der Waals surface area contributed by atoms with E-state index in [0.717, 1.165) is 29.7 Å². The summed E-state index contributed by atoms with van der Waals surface area (Å²) >= 11 is 0. The van der Waals surface area contributed by atoms with E-state index in [1.165, 1.54) is 11.6 Å². The van der Waals surface area contributed by atoms with Crippen molar-refractivity contribution in [3.63, 3.8) is 0 Å². The van der Waals surface area contributed by atoms with E-state index in [0.29, 0.717) is 6.54 Å². The summed E-state index contributed by atoms with van der Waals surface area (Å²) in [6.07, 6.45) is 3.35. The summed E-state index contributed by atoms with van der Waals surface area (Å²) in [6.45, 7) is 0.408. The van der Waals surface area contributed by atoms with Crippen molar-refractivity contribution in [2.24, 2.45) is 0 Å². The lowest BCUT2D eigenvalue weighted by Gasteiger charge is -2.13. The third-order valence-electron chi connectivity index (χ3n) is 4.06. The molecule has 0 radical (unpaired) electrons. The number of carbonyl (C=O) groups excluding carboxylic acids is 1. The summed E-state index contributed by atoms with van der Waals surface area (Å²) in [5, 5.41) is 2.94. The second-order valence-electron chi connectivity index (χ2n) is 5.43. The van der Waals surface area contributed by atoms with Crippen LogP contribution in [0.3, 0.4) is 0 Å². The third kappa shape index (κ3) is 2.88. The fraction of sp³-hybridized carbons (Fsp3) is 0.294. The van der Waals surface area contributed by atoms with Gasteiger partial charge in [0.2, 0.25) is 11.5 Å². The Hall–Kier alpha value is -2.56. The highest BCUT2D eigenvalue weighted by atomic mass is 16.5. The van der Waals surface area contributed by atoms with Gasteiger partial charge >= 0.3 is 0 Å². The molecule has 114 valence electrons. The number of benzene rings is 1. The van der Waals surface area contributed by atoms with Crippen LogP contribution in [0.15, 0.2) is 41.3 Å². The Labute approximate surface area is 128 Å². The minimum atomic E-state index is -0.146. The topological polar surface area (TPSA) is 71.2 Å². The quantitative estimate of drug-likeness (QED) is 0.903. The number of H-pyrrole nitrogens is 1. The zero-order valence-corrected chi connectivity index (χ0v) is 12.4. The Kier molecular flexibility index (Phi) is 3.96. The molecule has 2 N–H and O–H groups in total. The van der Waals surface area contributed by atoms with Gasteiger partial charge in [-0.1, -0.05) is 12.1 Å². The largest absolute Gasteiger partial charge is 0.497 e. The van der Waals surface area contributed by atoms with E-state index in [2.05, 4.69) is 10.3 Å². The number of carbonyl (C=O) groups is 1. The Morgan fingerprint density at radius 3 is 2.95 bits per heavy atom. The maximum Gasteiger partial charge on any atom is 0.247 e. The van der Waals surface area contributed by atoms with Gasteiger partial charge < -0.3 is 15.0 Å². The first-order valence-electron chi connectivity index (χ1n) is 7.29. The SMILES string of the molecule is COc1ccc2c(c1)C(C(=O)NCc1ccc(=O)[nH]c1)CC2. The van der Waals surface area contributed by atoms with E-state index in [4.69, 9.17) is 4.74 Å². The van der Waals surface area contributed by atoms with E-state index in [1.54, 1.807) is 19.4 Å². The van der Waals surface area contributed by atoms with Gasteiger partial charge in [0.05, 0.1) is 13.0 Å². The second kappa shape index (κ2) is 6.05. The van der Waals surface area contributed by atoms with Crippen molar-refractivity contribution < 1.29 is 9.53 Å². The molecule has 5 heteroatoms. The van der Waals surface area contributed by atoms with Crippen LogP contribution in [0.2, 0.25) is 0 Å². The highest BCUT2D eigenvalue weighted by Crippen LogP contribution is 2.35. The summed E-state index contributed by atoms with van der Waals surface area (Å²) in [6, 6.07) is 9.08. The number of pyridine rings is 1. The third-order valence-corrected chi connectivity index (χ3v) is 4.06. The fourth-order valence-electron chi connectivity index (χ4n) is 2.84. The average molecular weight is 298 g/mol. The van der Waals surface area contributed by atoms with Gasteiger partial charge in [-0.05, 0) is 41.7 Å². The highest BCUT2D eigenvalue weighted by molar-refractivity contribution is 5.85. The lowest BCUT2D eigenvalue weighted by molar-refractivity contribution is -0.122. The van der Waals surface area contributed by atoms with Gasteiger partial charge in [-0.2, -0.15) is 0 Å². The minimum absolute atomic E-state index is 0.0122. The minimum Gasteiger partial charge on any atom is -0.497 e. The van der Waals surface area contributed by atoms with Crippen LogP contribution < -0.4 is 15.6 Å². The summed E-state index contributed by atoms with van der Waals surface area (Å²) < 4.78 is 5.24. The predicted octanol–water partition coefficient (Wildman–Crippen LogP) is 1.73. The van der Waals surface area contributed by atoms with Crippen LogP contribution >= 0.6 is 0 Å². The molecule has 3 rings (SSSR count). The lowest BCUT2D eigenvalue weighted by atomic mass is 10.00. The van der Waals surface area contributed by atoms with Crippen LogP contribution in [-0.2, 0) is 17.8 Å². The van der Waals surface area contributed by atoms with E-state index >= 15 is 0 Å². The van der Waals surface area contributed by atoms with Gasteiger partial charge in [0.1, 0.15) is 5.75 Å². The fourth-order valence-corrected chi connectivity index (χ4v) is 2.84. The van der Waals surface area contributed by atoms with Crippen LogP contribution in [0.5, 0.6) is 5.75 Å². The molecule has 1 heterocycles. The number of fused-ring (bicyclic) bond motifs is 1. The van der Waals surface area contributed by atoms with E-state index < -0.39 is 0 Å². The Morgan fingerprint density at radius 2 is 2.23 bits per heavy atom. The van der Waals surface area contributed by atoms with E-state index in [9.17, 15) is 9.59 Å². The normalized spacial score (nSPS) is 16.1. The summed E-state index contributed by atoms with van der Waals surface area (Å²) in [7, 11) is 1.63. The summed E-state index contributed by atoms with van der Waals surface area (Å²) in [5.41, 5.74) is 2.99. The molecular weight excluding hydrogens is 280 g/mol. The van der Waals surface area contributed by atoms with E-state index in [1.807, 2.05) is 18.2 Å². The van der Waals surface area contributed by atoms with Gasteiger partial charge in [0.15, 0.2) is 0 Å². The zero-order chi connectivity index (χ0) is 15.5. The second-order valence-corrected chi connectivity index (χ2v) is 5.43. The molecule has 22 heavy (non-hydrogen) atoms. The number of aromatic nitrogens is 1. The Bertz CT molecular complexity index is 731. The lowest BCUT2D eigenvalue weighted by Crippen LogP contribution is -2.28. The van der Waals surface area contributed by atoms with Crippen LogP contribution in [0.4, 0.5) is 0 Å². The van der Waals surface area contributed by atoms with Crippen molar-refractivity contribution in [1.82, 2.24) is 10.3 Å². The van der Waals surface area contributed by atoms with Gasteiger partial charge in [0.25, 0.3) is 0 Å². The van der Waals surface area contributed by atoms with Crippen molar-refractivity contribution >= 4 is 5.91 Å². The van der Waals surface area contributed by atoms with Crippen LogP contribution in [0.1, 0.15) is 29.0 Å². The van der Waals surface area contributed by atoms with Crippen LogP contribution in [-0.4, -0.2) is 18.0 Å². The van der Waals surface area contributed by atoms with Crippen molar-refractivity contribution in [1.29, 1.82) is 0 Å². The number of ether oxygens (including phenoxy) is 1. The van der Waals surface area contributed by atoms with Gasteiger partial charge in [0, 0.05) is 18.8 Å². The standard InChI is InChI=1S/C17H18N2O3/c1-22-13-5-3-12-4-6-14(15(12)8-13)17(21)19-10-11-2-7-16(20)18-9-11/h2-3,5,7-9,14H,4,6,10H2,1H3,(H,18,20)(H,19,21). The molecule has 0 saturated carbocycles. The highest BCUT2D eigenvalue weighted by Gasteiger charge is 2.28. The monoisotopic (exact) mass is 298 g/mol. The van der Waals surface area contributed by atoms with Gasteiger partial charge in [-0.3, -0.25) is 9.59 Å². The van der Waals surface area contributed by atoms with Crippen molar-refractivity contribution in [2.75, 3.05) is 7.11 Å². The molecule has 1 atom stereocenters. The molecule has 2 aromatic rings. The first-order chi connectivity index (χ1) is 10.7. The molecule has 1 aliphatic rings. The number of methoxy groups -OCH3 is 1. The number of hydrogen-bond acceptors (Lipinski definition) is 3. The molecule has 1 unspecified atom stereocenters. The van der Waals surface area contributed by atoms with Crippen LogP contribution in [0, 0.1) is 0 Å². The maximum absolute atomic E-state index is 12.4. The number of aromatic amines is 1. The summed E-state index contributed by atoms with van der Waals surface area (Å²) in [4.78, 5) is 26.0. The smallest absolute Gasteiger partial charge is 0.247 e. The molecular formula is C17H18N2O3. The molecule has 0 bridgehead atoms. The average Bonchev–Trinajstić information content (AvgIpc) is 2.97. The van der Waals surface area contributed by atoms with Gasteiger partial charge in [-0.25, -0.2) is 0 Å². The summed E-state index contributed by atoms with van der Waals surface area (Å²) in [5.74, 6) is 0.658. The maximum atomic E-state index is 12.4. The molecule has 1 aliphatic carbocycles. The number of rotatable bonds is 4. The van der Waals surface area contributed by atoms with Crippen molar-refractivity contribution in [2.45, 2.75) is 25.3 Å². The van der Waals surface area contributed by atoms with Crippen molar-refractivity contribution in [3.8, 4) is 5.75 Å². The molecule has 0 fully saturated rings. The first kappa shape index (κ1) is 14.4. The van der Waals surface area contributed by atoms with E-state index in [-0.39, 0.29) is 17.4 Å². The van der Waals surface area contributed by atoms with Crippen LogP contribution in [0.25, 0.3) is 0 Å². The number of hydrogen-bond donors (Lipinski definition) is 2. The van der Waals surface area contributed by atoms with Crippen molar-refractivity contribution in [3.05, 3.63) is 63.6 Å². The number of aryl methyl sites for hydroxylation is 1. The zero-order valence-electron chi connectivity index (χ0n) is 12.4. The molecule has 0 spiro atoms. The Morgan fingerprint density at radius 1 is 1.36 bits per heavy atom. The molecule has 1 amide bonds. The molecule has 0 aliphatic heterocycles. The number of nitrogens with one attached hydrogen (secondary N) is 2. The predicted molar refractivity (Wildman–Crippen MR) is 83.0 cm³/mol. The Balaban J connectivity index is 1.69. The molecule has 1 aromatic carbocycles. The molecule has 1 aromatic heterocycles.